The Labute approximate surface area is 71.0 Å². The van der Waals surface area contributed by atoms with Crippen LogP contribution in [0.2, 0.25) is 0 Å². The third kappa shape index (κ3) is 430. The van der Waals surface area contributed by atoms with Crippen molar-refractivity contribution in [2.45, 2.75) is 20.8 Å². The summed E-state index contributed by atoms with van der Waals surface area (Å²) in [7, 11) is 0. The second kappa shape index (κ2) is 682. The van der Waals surface area contributed by atoms with E-state index in [4.69, 9.17) is 0 Å². The van der Waals surface area contributed by atoms with Gasteiger partial charge in [-0.2, -0.15) is 20.8 Å². The first-order valence-corrected chi connectivity index (χ1v) is 2.12. The van der Waals surface area contributed by atoms with Crippen molar-refractivity contribution in [1.29, 1.82) is 0 Å². The van der Waals surface area contributed by atoms with Gasteiger partial charge in [-0.1, -0.05) is 0 Å². The molecular formula is C7H18Ti. The fraction of sp³-hybridized carbons (Fsp3) is 0.429. The van der Waals surface area contributed by atoms with Crippen LogP contribution >= 0.6 is 0 Å². The van der Waals surface area contributed by atoms with E-state index in [1.54, 1.807) is 20.8 Å². The van der Waals surface area contributed by atoms with Crippen molar-refractivity contribution in [2.75, 3.05) is 0 Å². The first-order valence-electron chi connectivity index (χ1n) is 2.12. The van der Waals surface area contributed by atoms with Gasteiger partial charge in [0.1, 0.15) is 0 Å². The maximum absolute atomic E-state index is 3.25. The van der Waals surface area contributed by atoms with Crippen molar-refractivity contribution in [2.24, 2.45) is 0 Å². The molecule has 1 heteroatoms. The number of hydrogen-bond acceptors (Lipinski definition) is 0. The molecule has 0 atom stereocenters. The summed E-state index contributed by atoms with van der Waals surface area (Å²) in [6, 6.07) is 0. The summed E-state index contributed by atoms with van der Waals surface area (Å²) in [6.45, 7) is 15.0. The van der Waals surface area contributed by atoms with Gasteiger partial charge in [0.25, 0.3) is 0 Å². The Morgan fingerprint density at radius 2 is 0.625 bits per heavy atom. The zero-order chi connectivity index (χ0) is 6.00. The Morgan fingerprint density at radius 1 is 0.625 bits per heavy atom. The molecule has 0 saturated carbocycles. The fourth-order valence-corrected chi connectivity index (χ4v) is 0. The minimum Gasteiger partial charge on any atom is -0.358 e. The second-order valence-electron chi connectivity index (χ2n) is 0. The van der Waals surface area contributed by atoms with E-state index < -0.39 is 0 Å². The molecule has 0 radical (unpaired) electrons. The van der Waals surface area contributed by atoms with Crippen molar-refractivity contribution in [3.63, 3.8) is 0 Å². The molecule has 0 aromatic carbocycles. The topological polar surface area (TPSA) is 0 Å². The molecule has 0 N–H and O–H groups in total. The molecule has 0 nitrogen and oxygen atoms in total. The number of hydrogen-bond donors (Lipinski definition) is 0. The van der Waals surface area contributed by atoms with E-state index in [0.717, 1.165) is 0 Å². The van der Waals surface area contributed by atoms with Gasteiger partial charge in [0.05, 0.1) is 0 Å². The predicted molar refractivity (Wildman–Crippen MR) is 39.5 cm³/mol. The van der Waals surface area contributed by atoms with Crippen LogP contribution in [0.1, 0.15) is 20.8 Å². The summed E-state index contributed by atoms with van der Waals surface area (Å²) in [5.41, 5.74) is 0. The second-order valence-corrected chi connectivity index (χ2v) is 0. The van der Waals surface area contributed by atoms with Gasteiger partial charge in [-0.3, -0.25) is 0 Å². The van der Waals surface area contributed by atoms with E-state index in [0.29, 0.717) is 0 Å². The van der Waals surface area contributed by atoms with Crippen LogP contribution in [-0.4, -0.2) is 0 Å². The molecule has 0 spiro atoms. The summed E-state index contributed by atoms with van der Waals surface area (Å²) in [4.78, 5) is 0. The molecule has 0 heterocycles. The van der Waals surface area contributed by atoms with Gasteiger partial charge >= 0.3 is 21.7 Å². The Kier molecular flexibility index (Phi) is 3200. The van der Waals surface area contributed by atoms with Gasteiger partial charge in [-0.05, 0) is 0 Å². The van der Waals surface area contributed by atoms with E-state index in [2.05, 4.69) is 20.8 Å². The minimum atomic E-state index is 0. The summed E-state index contributed by atoms with van der Waals surface area (Å²) in [6.07, 6.45) is 0. The average Bonchev–Trinajstić information content (AvgIpc) is 1.81. The van der Waals surface area contributed by atoms with Crippen LogP contribution in [0.15, 0.2) is 0 Å². The van der Waals surface area contributed by atoms with E-state index in [9.17, 15) is 0 Å². The molecule has 0 saturated heterocycles. The molecule has 0 aromatic rings. The van der Waals surface area contributed by atoms with Crippen molar-refractivity contribution >= 4 is 0 Å². The summed E-state index contributed by atoms with van der Waals surface area (Å²) in [5.74, 6) is 0. The van der Waals surface area contributed by atoms with Crippen LogP contribution in [0.4, 0.5) is 0 Å². The van der Waals surface area contributed by atoms with Gasteiger partial charge in [0, 0.05) is 0 Å². The third-order valence-corrected chi connectivity index (χ3v) is 0. The van der Waals surface area contributed by atoms with E-state index in [1.807, 2.05) is 0 Å². The van der Waals surface area contributed by atoms with Gasteiger partial charge < -0.3 is 28.2 Å². The summed E-state index contributed by atoms with van der Waals surface area (Å²) >= 11 is 0. The maximum atomic E-state index is 3.25. The molecule has 0 rings (SSSR count). The van der Waals surface area contributed by atoms with Crippen LogP contribution < -0.4 is 0 Å². The van der Waals surface area contributed by atoms with E-state index >= 15 is 0 Å². The van der Waals surface area contributed by atoms with Crippen LogP contribution in [0.3, 0.4) is 0 Å². The Balaban J connectivity index is -0.00000000500. The molecule has 8 heavy (non-hydrogen) atoms. The third-order valence-electron chi connectivity index (χ3n) is 0. The molecule has 0 amide bonds. The molecule has 0 fully saturated rings. The number of rotatable bonds is 0. The maximum Gasteiger partial charge on any atom is 4.00 e. The average molecular weight is 150 g/mol. The molecule has 50 valence electrons. The zero-order valence-corrected chi connectivity index (χ0v) is 8.18. The van der Waals surface area contributed by atoms with Crippen molar-refractivity contribution in [1.82, 2.24) is 0 Å². The summed E-state index contributed by atoms with van der Waals surface area (Å²) in [5, 5.41) is 0. The van der Waals surface area contributed by atoms with E-state index in [1.165, 1.54) is 0 Å². The van der Waals surface area contributed by atoms with Gasteiger partial charge in [0.2, 0.25) is 0 Å². The van der Waals surface area contributed by atoms with Crippen LogP contribution in [0, 0.1) is 28.2 Å². The normalized spacial score (nSPS) is 2.25. The van der Waals surface area contributed by atoms with Crippen molar-refractivity contribution < 1.29 is 21.7 Å². The Morgan fingerprint density at radius 3 is 0.625 bits per heavy atom. The first kappa shape index (κ1) is 37.6. The van der Waals surface area contributed by atoms with Gasteiger partial charge in [-0.25, -0.2) is 0 Å². The zero-order valence-electron chi connectivity index (χ0n) is 6.62. The standard InChI is InChI=1S/3C2H5.CH3.Ti/c3*1-2;;/h3*1H2,2H3;1H3;/q4*-1;+4. The fourth-order valence-electron chi connectivity index (χ4n) is 0. The largest absolute Gasteiger partial charge is 4.00 e. The monoisotopic (exact) mass is 150 g/mol. The SMILES string of the molecule is [CH2-]C.[CH2-]C.[CH2-]C.[CH3-].[Ti+4]. The van der Waals surface area contributed by atoms with Crippen LogP contribution in [-0.2, 0) is 21.7 Å². The molecule has 0 aliphatic heterocycles. The molecule has 0 aliphatic rings. The van der Waals surface area contributed by atoms with Gasteiger partial charge in [0.15, 0.2) is 0 Å². The van der Waals surface area contributed by atoms with Gasteiger partial charge in [-0.15, -0.1) is 0 Å². The Bertz CT molecular complexity index is 4.35. The van der Waals surface area contributed by atoms with Crippen molar-refractivity contribution in [3.8, 4) is 0 Å². The minimum absolute atomic E-state index is 0. The molecule has 0 aliphatic carbocycles. The quantitative estimate of drug-likeness (QED) is 0.368. The molecular weight excluding hydrogens is 132 g/mol. The van der Waals surface area contributed by atoms with E-state index in [-0.39, 0.29) is 29.1 Å². The van der Waals surface area contributed by atoms with Crippen LogP contribution in [0.25, 0.3) is 0 Å². The first-order chi connectivity index (χ1) is 3.00. The molecule has 0 bridgehead atoms. The smallest absolute Gasteiger partial charge is 0.358 e. The van der Waals surface area contributed by atoms with Crippen molar-refractivity contribution in [3.05, 3.63) is 28.2 Å². The predicted octanol–water partition coefficient (Wildman–Crippen LogP) is 2.97. The molecule has 0 aromatic heterocycles. The Hall–Kier alpha value is 0.714. The van der Waals surface area contributed by atoms with Crippen LogP contribution in [0.5, 0.6) is 0 Å². The summed E-state index contributed by atoms with van der Waals surface area (Å²) < 4.78 is 0. The molecule has 0 unspecified atom stereocenters.